The minimum atomic E-state index is -4.49. The van der Waals surface area contributed by atoms with E-state index < -0.39 is 34.9 Å². The second-order valence-corrected chi connectivity index (χ2v) is 9.42. The quantitative estimate of drug-likeness (QED) is 0.212. The van der Waals surface area contributed by atoms with Crippen LogP contribution in [0.5, 0.6) is 0 Å². The van der Waals surface area contributed by atoms with Crippen molar-refractivity contribution in [3.63, 3.8) is 0 Å². The van der Waals surface area contributed by atoms with Gasteiger partial charge in [-0.2, -0.15) is 18.3 Å². The van der Waals surface area contributed by atoms with Crippen LogP contribution in [-0.2, 0) is 6.18 Å². The Morgan fingerprint density at radius 1 is 1.05 bits per heavy atom. The van der Waals surface area contributed by atoms with Crippen molar-refractivity contribution in [1.29, 1.82) is 0 Å². The van der Waals surface area contributed by atoms with Gasteiger partial charge in [0, 0.05) is 49.4 Å². The van der Waals surface area contributed by atoms with Gasteiger partial charge in [-0.3, -0.25) is 9.59 Å². The van der Waals surface area contributed by atoms with Crippen molar-refractivity contribution in [3.05, 3.63) is 75.3 Å². The van der Waals surface area contributed by atoms with E-state index in [-0.39, 0.29) is 22.6 Å². The van der Waals surface area contributed by atoms with Crippen LogP contribution < -0.4 is 15.8 Å². The fourth-order valence-corrected chi connectivity index (χ4v) is 4.53. The minimum absolute atomic E-state index is 0.0249. The van der Waals surface area contributed by atoms with Crippen LogP contribution in [0.15, 0.2) is 52.5 Å². The van der Waals surface area contributed by atoms with Crippen LogP contribution in [0.1, 0.15) is 45.2 Å². The van der Waals surface area contributed by atoms with Crippen LogP contribution >= 0.6 is 0 Å². The summed E-state index contributed by atoms with van der Waals surface area (Å²) in [6, 6.07) is 6.52. The Bertz CT molecular complexity index is 1520. The molecule has 13 heteroatoms. The molecule has 0 radical (unpaired) electrons. The van der Waals surface area contributed by atoms with E-state index >= 15 is 4.39 Å². The molecule has 0 bridgehead atoms. The summed E-state index contributed by atoms with van der Waals surface area (Å²) < 4.78 is 54.9. The first-order valence-corrected chi connectivity index (χ1v) is 12.1. The van der Waals surface area contributed by atoms with E-state index in [4.69, 9.17) is 0 Å². The summed E-state index contributed by atoms with van der Waals surface area (Å²) in [5.41, 5.74) is 1.12. The number of piperazine rings is 1. The molecule has 2 N–H and O–H groups in total. The van der Waals surface area contributed by atoms with Crippen molar-refractivity contribution in [1.82, 2.24) is 14.9 Å². The van der Waals surface area contributed by atoms with Crippen molar-refractivity contribution < 1.29 is 32.3 Å². The first-order valence-electron chi connectivity index (χ1n) is 12.1. The number of amides is 1. The molecule has 2 heterocycles. The molecule has 2 aliphatic rings. The number of carboxylic acids is 1. The van der Waals surface area contributed by atoms with Crippen LogP contribution in [0.3, 0.4) is 0 Å². The average Bonchev–Trinajstić information content (AvgIpc) is 3.74. The number of benzene rings is 2. The molecule has 2 fully saturated rings. The SMILES string of the molecule is O=C(N/N=C/N1CCN(c2cc3c(cc2F)c(=O)c(C(=O)O)cn3C2CC2)CC1)c1ccc(C(F)(F)F)cc1. The monoisotopic (exact) mass is 545 g/mol. The summed E-state index contributed by atoms with van der Waals surface area (Å²) in [5, 5.41) is 13.3. The number of halogens is 4. The Morgan fingerprint density at radius 3 is 2.31 bits per heavy atom. The first-order chi connectivity index (χ1) is 18.5. The summed E-state index contributed by atoms with van der Waals surface area (Å²) >= 11 is 0. The lowest BCUT2D eigenvalue weighted by Crippen LogP contribution is -2.46. The Hall–Kier alpha value is -4.42. The van der Waals surface area contributed by atoms with E-state index in [0.29, 0.717) is 37.4 Å². The number of aromatic nitrogens is 1. The zero-order valence-electron chi connectivity index (χ0n) is 20.4. The molecule has 2 aromatic carbocycles. The number of alkyl halides is 3. The molecule has 0 atom stereocenters. The average molecular weight is 545 g/mol. The van der Waals surface area contributed by atoms with Crippen molar-refractivity contribution in [2.24, 2.45) is 5.10 Å². The van der Waals surface area contributed by atoms with Gasteiger partial charge < -0.3 is 19.5 Å². The molecule has 0 spiro atoms. The highest BCUT2D eigenvalue weighted by atomic mass is 19.4. The summed E-state index contributed by atoms with van der Waals surface area (Å²) in [5.74, 6) is -2.64. The third-order valence-corrected chi connectivity index (χ3v) is 6.79. The fourth-order valence-electron chi connectivity index (χ4n) is 4.53. The zero-order valence-corrected chi connectivity index (χ0v) is 20.4. The summed E-state index contributed by atoms with van der Waals surface area (Å²) in [6.07, 6.45) is -0.0748. The number of rotatable bonds is 6. The Balaban J connectivity index is 1.25. The topological polar surface area (TPSA) is 107 Å². The van der Waals surface area contributed by atoms with E-state index in [0.717, 1.165) is 43.2 Å². The van der Waals surface area contributed by atoms with Crippen LogP contribution in [0.25, 0.3) is 10.9 Å². The first kappa shape index (κ1) is 26.2. The zero-order chi connectivity index (χ0) is 27.9. The number of carbonyl (C=O) groups is 2. The number of nitrogens with zero attached hydrogens (tertiary/aromatic N) is 4. The number of hydrogen-bond donors (Lipinski definition) is 2. The second-order valence-electron chi connectivity index (χ2n) is 9.42. The molecular formula is C26H23F4N5O4. The maximum absolute atomic E-state index is 15.1. The number of hydrogen-bond acceptors (Lipinski definition) is 5. The maximum Gasteiger partial charge on any atom is 0.416 e. The van der Waals surface area contributed by atoms with Gasteiger partial charge in [-0.1, -0.05) is 0 Å². The van der Waals surface area contributed by atoms with Gasteiger partial charge in [0.25, 0.3) is 5.91 Å². The highest BCUT2D eigenvalue weighted by molar-refractivity contribution is 5.94. The molecule has 204 valence electrons. The van der Waals surface area contributed by atoms with Crippen LogP contribution in [0.2, 0.25) is 0 Å². The predicted octanol–water partition coefficient (Wildman–Crippen LogP) is 3.69. The Kier molecular flexibility index (Phi) is 6.74. The normalized spacial score (nSPS) is 16.2. The third kappa shape index (κ3) is 5.42. The van der Waals surface area contributed by atoms with Crippen molar-refractivity contribution in [3.8, 4) is 0 Å². The molecule has 39 heavy (non-hydrogen) atoms. The molecule has 5 rings (SSSR count). The van der Waals surface area contributed by atoms with Crippen LogP contribution in [-0.4, -0.2) is 59.0 Å². The lowest BCUT2D eigenvalue weighted by molar-refractivity contribution is -0.137. The lowest BCUT2D eigenvalue weighted by Gasteiger charge is -2.35. The van der Waals surface area contributed by atoms with Gasteiger partial charge in [0.15, 0.2) is 0 Å². The maximum atomic E-state index is 15.1. The van der Waals surface area contributed by atoms with Gasteiger partial charge in [-0.15, -0.1) is 0 Å². The number of carbonyl (C=O) groups excluding carboxylic acids is 1. The number of carboxylic acid groups (broad SMARTS) is 1. The number of aromatic carboxylic acids is 1. The molecule has 1 aromatic heterocycles. The van der Waals surface area contributed by atoms with Crippen molar-refractivity contribution in [2.45, 2.75) is 25.1 Å². The number of hydrazone groups is 1. The molecule has 1 saturated heterocycles. The molecule has 0 unspecified atom stereocenters. The minimum Gasteiger partial charge on any atom is -0.477 e. The molecule has 9 nitrogen and oxygen atoms in total. The van der Waals surface area contributed by atoms with Crippen LogP contribution in [0, 0.1) is 5.82 Å². The van der Waals surface area contributed by atoms with Crippen molar-refractivity contribution >= 4 is 34.8 Å². The fraction of sp³-hybridized carbons (Fsp3) is 0.308. The molecular weight excluding hydrogens is 522 g/mol. The highest BCUT2D eigenvalue weighted by Crippen LogP contribution is 2.38. The van der Waals surface area contributed by atoms with E-state index in [1.165, 1.54) is 12.5 Å². The number of pyridine rings is 1. The lowest BCUT2D eigenvalue weighted by atomic mass is 10.1. The van der Waals surface area contributed by atoms with E-state index in [1.54, 1.807) is 15.5 Å². The molecule has 1 saturated carbocycles. The van der Waals surface area contributed by atoms with Gasteiger partial charge in [-0.25, -0.2) is 14.6 Å². The molecule has 3 aromatic rings. The smallest absolute Gasteiger partial charge is 0.416 e. The van der Waals surface area contributed by atoms with Gasteiger partial charge in [0.2, 0.25) is 5.43 Å². The summed E-state index contributed by atoms with van der Waals surface area (Å²) in [4.78, 5) is 40.0. The number of anilines is 1. The third-order valence-electron chi connectivity index (χ3n) is 6.79. The highest BCUT2D eigenvalue weighted by Gasteiger charge is 2.30. The van der Waals surface area contributed by atoms with Crippen LogP contribution in [0.4, 0.5) is 23.2 Å². The number of fused-ring (bicyclic) bond motifs is 1. The summed E-state index contributed by atoms with van der Waals surface area (Å²) in [7, 11) is 0. The van der Waals surface area contributed by atoms with Gasteiger partial charge in [0.1, 0.15) is 17.7 Å². The second kappa shape index (κ2) is 10.0. The standard InChI is InChI=1S/C26H23F4N5O4/c27-20-11-18-21(35(17-5-6-17)13-19(23(18)36)25(38)39)12-22(20)34-9-7-33(8-10-34)14-31-32-24(37)15-1-3-16(4-2-15)26(28,29)30/h1-4,11-14,17H,5-10H2,(H,32,37)(H,38,39)/b31-14+. The molecule has 1 aliphatic heterocycles. The van der Waals surface area contributed by atoms with E-state index in [1.807, 2.05) is 4.90 Å². The predicted molar refractivity (Wildman–Crippen MR) is 135 cm³/mol. The largest absolute Gasteiger partial charge is 0.477 e. The molecule has 1 aliphatic carbocycles. The van der Waals surface area contributed by atoms with Gasteiger partial charge in [-0.05, 0) is 49.2 Å². The van der Waals surface area contributed by atoms with E-state index in [9.17, 15) is 32.7 Å². The van der Waals surface area contributed by atoms with E-state index in [2.05, 4.69) is 10.5 Å². The Morgan fingerprint density at radius 2 is 1.72 bits per heavy atom. The Labute approximate surface area is 218 Å². The molecule has 1 amide bonds. The van der Waals surface area contributed by atoms with Crippen molar-refractivity contribution in [2.75, 3.05) is 31.1 Å². The number of nitrogens with one attached hydrogen (secondary N) is 1. The van der Waals surface area contributed by atoms with Gasteiger partial charge in [0.05, 0.1) is 16.8 Å². The van der Waals surface area contributed by atoms with Gasteiger partial charge >= 0.3 is 12.1 Å². The summed E-state index contributed by atoms with van der Waals surface area (Å²) in [6.45, 7) is 1.68.